The Morgan fingerprint density at radius 3 is 2.40 bits per heavy atom. The summed E-state index contributed by atoms with van der Waals surface area (Å²) in [5.41, 5.74) is 0.219. The van der Waals surface area contributed by atoms with Gasteiger partial charge in [0.2, 0.25) is 11.9 Å². The maximum absolute atomic E-state index is 5.41. The second-order valence-electron chi connectivity index (χ2n) is 5.28. The molecule has 0 bridgehead atoms. The Morgan fingerprint density at radius 2 is 1.80 bits per heavy atom. The first-order valence-electron chi connectivity index (χ1n) is 7.01. The van der Waals surface area contributed by atoms with Crippen molar-refractivity contribution in [3.8, 4) is 6.01 Å². The summed E-state index contributed by atoms with van der Waals surface area (Å²) in [6.45, 7) is 7.46. The summed E-state index contributed by atoms with van der Waals surface area (Å²) in [7, 11) is 1.55. The van der Waals surface area contributed by atoms with Crippen molar-refractivity contribution in [2.75, 3.05) is 44.0 Å². The van der Waals surface area contributed by atoms with Crippen molar-refractivity contribution in [3.63, 3.8) is 0 Å². The zero-order valence-corrected chi connectivity index (χ0v) is 12.4. The van der Waals surface area contributed by atoms with E-state index in [1.54, 1.807) is 7.11 Å². The topological polar surface area (TPSA) is 81.2 Å². The quantitative estimate of drug-likeness (QED) is 0.818. The third kappa shape index (κ3) is 3.93. The molecule has 1 fully saturated rings. The van der Waals surface area contributed by atoms with Crippen LogP contribution >= 0.6 is 0 Å². The highest BCUT2D eigenvalue weighted by Crippen LogP contribution is 2.29. The fourth-order valence-electron chi connectivity index (χ4n) is 2.10. The zero-order valence-electron chi connectivity index (χ0n) is 12.4. The van der Waals surface area contributed by atoms with E-state index in [4.69, 9.17) is 9.47 Å². The van der Waals surface area contributed by atoms with E-state index in [9.17, 15) is 0 Å². The lowest BCUT2D eigenvalue weighted by atomic mass is 9.82. The van der Waals surface area contributed by atoms with Crippen LogP contribution in [0, 0.1) is 5.41 Å². The molecule has 2 N–H and O–H groups in total. The van der Waals surface area contributed by atoms with Gasteiger partial charge in [-0.3, -0.25) is 0 Å². The molecule has 0 radical (unpaired) electrons. The molecular weight excluding hydrogens is 258 g/mol. The van der Waals surface area contributed by atoms with Gasteiger partial charge in [-0.15, -0.1) is 0 Å². The predicted molar refractivity (Wildman–Crippen MR) is 77.2 cm³/mol. The van der Waals surface area contributed by atoms with E-state index in [2.05, 4.69) is 32.5 Å². The first-order valence-corrected chi connectivity index (χ1v) is 7.01. The molecule has 0 unspecified atom stereocenters. The number of anilines is 2. The fourth-order valence-corrected chi connectivity index (χ4v) is 2.10. The van der Waals surface area contributed by atoms with Crippen LogP contribution in [0.1, 0.15) is 26.7 Å². The minimum atomic E-state index is 0.219. The number of rotatable bonds is 6. The van der Waals surface area contributed by atoms with Crippen molar-refractivity contribution < 1.29 is 9.47 Å². The lowest BCUT2D eigenvalue weighted by molar-refractivity contribution is 0.0299. The number of hydrogen-bond donors (Lipinski definition) is 2. The Balaban J connectivity index is 2.02. The van der Waals surface area contributed by atoms with E-state index in [-0.39, 0.29) is 5.41 Å². The second-order valence-corrected chi connectivity index (χ2v) is 5.28. The van der Waals surface area contributed by atoms with Crippen LogP contribution in [-0.2, 0) is 4.74 Å². The molecule has 2 rings (SSSR count). The third-order valence-electron chi connectivity index (χ3n) is 3.51. The van der Waals surface area contributed by atoms with Gasteiger partial charge in [-0.25, -0.2) is 0 Å². The number of nitrogens with zero attached hydrogens (tertiary/aromatic N) is 3. The molecule has 0 aliphatic carbocycles. The van der Waals surface area contributed by atoms with E-state index in [1.165, 1.54) is 0 Å². The van der Waals surface area contributed by atoms with Gasteiger partial charge in [-0.05, 0) is 25.2 Å². The van der Waals surface area contributed by atoms with Crippen LogP contribution in [-0.4, -0.2) is 48.4 Å². The average molecular weight is 281 g/mol. The van der Waals surface area contributed by atoms with E-state index >= 15 is 0 Å². The van der Waals surface area contributed by atoms with Crippen LogP contribution in [0.5, 0.6) is 6.01 Å². The maximum Gasteiger partial charge on any atom is 0.322 e. The number of methoxy groups -OCH3 is 1. The summed E-state index contributed by atoms with van der Waals surface area (Å²) < 4.78 is 10.5. The summed E-state index contributed by atoms with van der Waals surface area (Å²) >= 11 is 0. The van der Waals surface area contributed by atoms with E-state index < -0.39 is 0 Å². The normalized spacial score (nSPS) is 17.6. The highest BCUT2D eigenvalue weighted by atomic mass is 16.5. The SMILES string of the molecule is CCNc1nc(NCC2(C)CCOCC2)nc(OC)n1. The highest BCUT2D eigenvalue weighted by molar-refractivity contribution is 5.35. The smallest absolute Gasteiger partial charge is 0.322 e. The van der Waals surface area contributed by atoms with Crippen LogP contribution < -0.4 is 15.4 Å². The summed E-state index contributed by atoms with van der Waals surface area (Å²) in [5.74, 6) is 1.07. The van der Waals surface area contributed by atoms with E-state index in [0.29, 0.717) is 17.9 Å². The Labute approximate surface area is 119 Å². The average Bonchev–Trinajstić information content (AvgIpc) is 2.46. The molecule has 2 heterocycles. The summed E-state index contributed by atoms with van der Waals surface area (Å²) in [6, 6.07) is 0.315. The van der Waals surface area contributed by atoms with Gasteiger partial charge in [-0.1, -0.05) is 6.92 Å². The molecule has 112 valence electrons. The molecule has 1 aliphatic heterocycles. The van der Waals surface area contributed by atoms with Crippen LogP contribution in [0.4, 0.5) is 11.9 Å². The highest BCUT2D eigenvalue weighted by Gasteiger charge is 2.27. The molecule has 7 nitrogen and oxygen atoms in total. The molecule has 1 aromatic heterocycles. The molecule has 20 heavy (non-hydrogen) atoms. The van der Waals surface area contributed by atoms with Gasteiger partial charge >= 0.3 is 6.01 Å². The largest absolute Gasteiger partial charge is 0.467 e. The van der Waals surface area contributed by atoms with Gasteiger partial charge in [0.1, 0.15) is 0 Å². The molecule has 7 heteroatoms. The van der Waals surface area contributed by atoms with E-state index in [1.807, 2.05) is 6.92 Å². The Bertz CT molecular complexity index is 435. The number of nitrogens with one attached hydrogen (secondary N) is 2. The van der Waals surface area contributed by atoms with Gasteiger partial charge in [-0.2, -0.15) is 15.0 Å². The van der Waals surface area contributed by atoms with Crippen LogP contribution in [0.3, 0.4) is 0 Å². The van der Waals surface area contributed by atoms with Crippen molar-refractivity contribution >= 4 is 11.9 Å². The maximum atomic E-state index is 5.41. The molecule has 0 saturated carbocycles. The van der Waals surface area contributed by atoms with Gasteiger partial charge < -0.3 is 20.1 Å². The Hall–Kier alpha value is -1.63. The first kappa shape index (κ1) is 14.8. The van der Waals surface area contributed by atoms with Crippen molar-refractivity contribution in [1.29, 1.82) is 0 Å². The van der Waals surface area contributed by atoms with Gasteiger partial charge in [0.05, 0.1) is 7.11 Å². The summed E-state index contributed by atoms with van der Waals surface area (Å²) in [5, 5.41) is 6.36. The van der Waals surface area contributed by atoms with Crippen molar-refractivity contribution in [1.82, 2.24) is 15.0 Å². The molecule has 0 atom stereocenters. The van der Waals surface area contributed by atoms with Gasteiger partial charge in [0, 0.05) is 26.3 Å². The lowest BCUT2D eigenvalue weighted by Crippen LogP contribution is -2.33. The summed E-state index contributed by atoms with van der Waals surface area (Å²) in [4.78, 5) is 12.7. The molecule has 1 saturated heterocycles. The fraction of sp³-hybridized carbons (Fsp3) is 0.769. The predicted octanol–water partition coefficient (Wildman–Crippen LogP) is 1.54. The molecular formula is C13H23N5O2. The Kier molecular flexibility index (Phi) is 4.94. The Morgan fingerprint density at radius 1 is 1.15 bits per heavy atom. The van der Waals surface area contributed by atoms with Crippen LogP contribution in [0.15, 0.2) is 0 Å². The standard InChI is InChI=1S/C13H23N5O2/c1-4-14-10-16-11(18-12(17-10)19-3)15-9-13(2)5-7-20-8-6-13/h4-9H2,1-3H3,(H2,14,15,16,17,18). The van der Waals surface area contributed by atoms with Crippen molar-refractivity contribution in [2.45, 2.75) is 26.7 Å². The van der Waals surface area contributed by atoms with E-state index in [0.717, 1.165) is 39.1 Å². The van der Waals surface area contributed by atoms with Crippen LogP contribution in [0.2, 0.25) is 0 Å². The monoisotopic (exact) mass is 281 g/mol. The number of aromatic nitrogens is 3. The van der Waals surface area contributed by atoms with Crippen molar-refractivity contribution in [2.24, 2.45) is 5.41 Å². The molecule has 1 aliphatic rings. The summed E-state index contributed by atoms with van der Waals surface area (Å²) in [6.07, 6.45) is 2.09. The van der Waals surface area contributed by atoms with Crippen LogP contribution in [0.25, 0.3) is 0 Å². The number of ether oxygens (including phenoxy) is 2. The third-order valence-corrected chi connectivity index (χ3v) is 3.51. The lowest BCUT2D eigenvalue weighted by Gasteiger charge is -2.33. The minimum Gasteiger partial charge on any atom is -0.467 e. The molecule has 0 aromatic carbocycles. The minimum absolute atomic E-state index is 0.219. The zero-order chi connectivity index (χ0) is 14.4. The van der Waals surface area contributed by atoms with Gasteiger partial charge in [0.15, 0.2) is 0 Å². The number of hydrogen-bond acceptors (Lipinski definition) is 7. The molecule has 1 aromatic rings. The second kappa shape index (κ2) is 6.69. The van der Waals surface area contributed by atoms with Gasteiger partial charge in [0.25, 0.3) is 0 Å². The first-order chi connectivity index (χ1) is 9.65. The molecule has 0 amide bonds. The van der Waals surface area contributed by atoms with Crippen molar-refractivity contribution in [3.05, 3.63) is 0 Å². The molecule has 0 spiro atoms.